The molecule has 0 radical (unpaired) electrons. The van der Waals surface area contributed by atoms with E-state index in [1.807, 2.05) is 13.8 Å². The van der Waals surface area contributed by atoms with Crippen molar-refractivity contribution in [2.45, 2.75) is 52.1 Å². The zero-order valence-corrected chi connectivity index (χ0v) is 11.2. The highest BCUT2D eigenvalue weighted by molar-refractivity contribution is 5.02. The first-order valence-electron chi connectivity index (χ1n) is 6.28. The van der Waals surface area contributed by atoms with E-state index in [9.17, 15) is 9.18 Å². The van der Waals surface area contributed by atoms with Gasteiger partial charge in [0.1, 0.15) is 0 Å². The highest BCUT2D eigenvalue weighted by Crippen LogP contribution is 2.45. The highest BCUT2D eigenvalue weighted by Gasteiger charge is 2.52. The Morgan fingerprint density at radius 1 is 1.61 bits per heavy atom. The monoisotopic (exact) mass is 254 g/mol. The van der Waals surface area contributed by atoms with Crippen molar-refractivity contribution >= 4 is 0 Å². The smallest absolute Gasteiger partial charge is 0.349 e. The SMILES string of the molecule is CCC1OC(n2ccc(C)nc2=O)C(C)(F)C1C. The van der Waals surface area contributed by atoms with E-state index in [4.69, 9.17) is 4.74 Å². The van der Waals surface area contributed by atoms with Gasteiger partial charge in [0.25, 0.3) is 0 Å². The molecular weight excluding hydrogens is 235 g/mol. The minimum Gasteiger partial charge on any atom is -0.351 e. The Morgan fingerprint density at radius 2 is 2.28 bits per heavy atom. The van der Waals surface area contributed by atoms with Crippen molar-refractivity contribution in [2.75, 3.05) is 0 Å². The summed E-state index contributed by atoms with van der Waals surface area (Å²) in [5.74, 6) is -0.249. The summed E-state index contributed by atoms with van der Waals surface area (Å²) in [6.45, 7) is 6.99. The van der Waals surface area contributed by atoms with Gasteiger partial charge < -0.3 is 4.74 Å². The van der Waals surface area contributed by atoms with E-state index in [-0.39, 0.29) is 12.0 Å². The lowest BCUT2D eigenvalue weighted by molar-refractivity contribution is -0.0501. The molecule has 1 fully saturated rings. The number of aromatic nitrogens is 2. The van der Waals surface area contributed by atoms with Gasteiger partial charge in [-0.05, 0) is 26.3 Å². The Balaban J connectivity index is 2.42. The van der Waals surface area contributed by atoms with Gasteiger partial charge in [0, 0.05) is 17.8 Å². The normalized spacial score (nSPS) is 35.9. The van der Waals surface area contributed by atoms with Crippen LogP contribution < -0.4 is 5.69 Å². The summed E-state index contributed by atoms with van der Waals surface area (Å²) in [5, 5.41) is 0. The molecule has 4 nitrogen and oxygen atoms in total. The number of rotatable bonds is 2. The fraction of sp³-hybridized carbons (Fsp3) is 0.692. The second-order valence-electron chi connectivity index (χ2n) is 5.13. The topological polar surface area (TPSA) is 44.1 Å². The molecule has 0 aliphatic carbocycles. The molecule has 0 N–H and O–H groups in total. The highest BCUT2D eigenvalue weighted by atomic mass is 19.1. The molecule has 0 saturated carbocycles. The summed E-state index contributed by atoms with van der Waals surface area (Å²) in [4.78, 5) is 15.6. The van der Waals surface area contributed by atoms with Gasteiger partial charge in [-0.1, -0.05) is 13.8 Å². The van der Waals surface area contributed by atoms with E-state index >= 15 is 0 Å². The third-order valence-electron chi connectivity index (χ3n) is 3.86. The van der Waals surface area contributed by atoms with Gasteiger partial charge in [0.2, 0.25) is 0 Å². The fourth-order valence-corrected chi connectivity index (χ4v) is 2.47. The van der Waals surface area contributed by atoms with Gasteiger partial charge >= 0.3 is 5.69 Å². The van der Waals surface area contributed by atoms with Gasteiger partial charge in [-0.3, -0.25) is 4.57 Å². The lowest BCUT2D eigenvalue weighted by Crippen LogP contribution is -2.38. The third kappa shape index (κ3) is 1.96. The molecule has 0 bridgehead atoms. The van der Waals surface area contributed by atoms with Crippen molar-refractivity contribution in [3.8, 4) is 0 Å². The molecule has 0 amide bonds. The molecule has 1 aromatic heterocycles. The lowest BCUT2D eigenvalue weighted by atomic mass is 9.88. The molecule has 100 valence electrons. The van der Waals surface area contributed by atoms with Gasteiger partial charge in [-0.25, -0.2) is 9.18 Å². The molecule has 2 heterocycles. The predicted octanol–water partition coefficient (Wildman–Crippen LogP) is 2.22. The Labute approximate surface area is 106 Å². The summed E-state index contributed by atoms with van der Waals surface area (Å²) in [7, 11) is 0. The number of aryl methyl sites for hydroxylation is 1. The van der Waals surface area contributed by atoms with Crippen LogP contribution in [0.15, 0.2) is 17.1 Å². The molecule has 4 atom stereocenters. The van der Waals surface area contributed by atoms with Crippen LogP contribution >= 0.6 is 0 Å². The first-order chi connectivity index (χ1) is 8.37. The van der Waals surface area contributed by atoms with Crippen molar-refractivity contribution in [3.05, 3.63) is 28.4 Å². The number of nitrogens with zero attached hydrogens (tertiary/aromatic N) is 2. The van der Waals surface area contributed by atoms with Crippen molar-refractivity contribution in [2.24, 2.45) is 5.92 Å². The minimum absolute atomic E-state index is 0.168. The summed E-state index contributed by atoms with van der Waals surface area (Å²) in [6, 6.07) is 1.69. The Kier molecular flexibility index (Phi) is 3.27. The van der Waals surface area contributed by atoms with E-state index in [0.29, 0.717) is 5.69 Å². The zero-order chi connectivity index (χ0) is 13.5. The van der Waals surface area contributed by atoms with Crippen LogP contribution in [-0.4, -0.2) is 21.3 Å². The summed E-state index contributed by atoms with van der Waals surface area (Å²) in [5.41, 5.74) is -1.41. The summed E-state index contributed by atoms with van der Waals surface area (Å²) in [6.07, 6.45) is 1.22. The van der Waals surface area contributed by atoms with Crippen molar-refractivity contribution < 1.29 is 9.13 Å². The van der Waals surface area contributed by atoms with E-state index < -0.39 is 17.6 Å². The van der Waals surface area contributed by atoms with Crippen molar-refractivity contribution in [1.29, 1.82) is 0 Å². The standard InChI is InChI=1S/C13H19FN2O2/c1-5-10-9(3)13(4,14)11(18-10)16-7-6-8(2)15-12(16)17/h6-7,9-11H,5H2,1-4H3. The molecule has 0 spiro atoms. The maximum absolute atomic E-state index is 14.8. The van der Waals surface area contributed by atoms with Gasteiger partial charge in [-0.2, -0.15) is 4.98 Å². The molecule has 1 aromatic rings. The molecule has 1 aliphatic heterocycles. The average Bonchev–Trinajstić information content (AvgIpc) is 2.52. The van der Waals surface area contributed by atoms with Crippen LogP contribution in [0.3, 0.4) is 0 Å². The lowest BCUT2D eigenvalue weighted by Gasteiger charge is -2.25. The van der Waals surface area contributed by atoms with Crippen LogP contribution in [0.1, 0.15) is 39.1 Å². The third-order valence-corrected chi connectivity index (χ3v) is 3.86. The van der Waals surface area contributed by atoms with Gasteiger partial charge in [0.05, 0.1) is 6.10 Å². The molecule has 1 aliphatic rings. The van der Waals surface area contributed by atoms with Crippen LogP contribution in [0.4, 0.5) is 4.39 Å². The summed E-state index contributed by atoms with van der Waals surface area (Å²) >= 11 is 0. The minimum atomic E-state index is -1.57. The first-order valence-corrected chi connectivity index (χ1v) is 6.28. The molecule has 18 heavy (non-hydrogen) atoms. The van der Waals surface area contributed by atoms with Crippen LogP contribution in [0.5, 0.6) is 0 Å². The molecular formula is C13H19FN2O2. The Bertz CT molecular complexity index is 498. The number of halogens is 1. The maximum atomic E-state index is 14.8. The first kappa shape index (κ1) is 13.2. The number of ether oxygens (including phenoxy) is 1. The molecule has 4 unspecified atom stereocenters. The van der Waals surface area contributed by atoms with E-state index in [2.05, 4.69) is 4.98 Å². The quantitative estimate of drug-likeness (QED) is 0.813. The van der Waals surface area contributed by atoms with Crippen molar-refractivity contribution in [3.63, 3.8) is 0 Å². The number of alkyl halides is 1. The maximum Gasteiger partial charge on any atom is 0.349 e. The Morgan fingerprint density at radius 3 is 2.78 bits per heavy atom. The van der Waals surface area contributed by atoms with Gasteiger partial charge in [-0.15, -0.1) is 0 Å². The zero-order valence-electron chi connectivity index (χ0n) is 11.2. The largest absolute Gasteiger partial charge is 0.351 e. The number of hydrogen-bond acceptors (Lipinski definition) is 3. The van der Waals surface area contributed by atoms with Crippen LogP contribution in [0, 0.1) is 12.8 Å². The van der Waals surface area contributed by atoms with Crippen LogP contribution in [0.25, 0.3) is 0 Å². The molecule has 5 heteroatoms. The molecule has 0 aromatic carbocycles. The summed E-state index contributed by atoms with van der Waals surface area (Å²) < 4.78 is 21.7. The fourth-order valence-electron chi connectivity index (χ4n) is 2.47. The van der Waals surface area contributed by atoms with E-state index in [0.717, 1.165) is 6.42 Å². The second kappa shape index (κ2) is 4.46. The van der Waals surface area contributed by atoms with Gasteiger partial charge in [0.15, 0.2) is 11.9 Å². The molecule has 1 saturated heterocycles. The van der Waals surface area contributed by atoms with E-state index in [1.165, 1.54) is 11.5 Å². The van der Waals surface area contributed by atoms with E-state index in [1.54, 1.807) is 19.2 Å². The van der Waals surface area contributed by atoms with Crippen LogP contribution in [-0.2, 0) is 4.74 Å². The van der Waals surface area contributed by atoms with Crippen LogP contribution in [0.2, 0.25) is 0 Å². The predicted molar refractivity (Wildman–Crippen MR) is 66.1 cm³/mol. The average molecular weight is 254 g/mol. The van der Waals surface area contributed by atoms with Crippen molar-refractivity contribution in [1.82, 2.24) is 9.55 Å². The second-order valence-corrected chi connectivity index (χ2v) is 5.13. The molecule has 2 rings (SSSR count). The number of hydrogen-bond donors (Lipinski definition) is 0. The Hall–Kier alpha value is -1.23.